The molecule has 1 unspecified atom stereocenters. The molecule has 3 N–H and O–H groups in total. The number of benzene rings is 1. The number of amides is 2. The predicted molar refractivity (Wildman–Crippen MR) is 106 cm³/mol. The molecule has 8 heteroatoms. The number of thioether (sulfide) groups is 1. The summed E-state index contributed by atoms with van der Waals surface area (Å²) >= 11 is 1.53. The largest absolute Gasteiger partial charge is 0.480 e. The zero-order chi connectivity index (χ0) is 20.2. The number of carboxylic acids is 1. The van der Waals surface area contributed by atoms with E-state index in [-0.39, 0.29) is 12.5 Å². The molecule has 1 aromatic carbocycles. The van der Waals surface area contributed by atoms with E-state index in [0.717, 1.165) is 5.56 Å². The minimum Gasteiger partial charge on any atom is -0.480 e. The molecule has 0 saturated heterocycles. The second-order valence-electron chi connectivity index (χ2n) is 6.25. The van der Waals surface area contributed by atoms with Crippen LogP contribution in [0.1, 0.15) is 32.3 Å². The third-order valence-electron chi connectivity index (χ3n) is 4.21. The van der Waals surface area contributed by atoms with Gasteiger partial charge in [-0.05, 0) is 29.9 Å². The standard InChI is InChI=1S/C19H28N2O5S/c1-4-13(2)16(18(23)24)21-17(22)15(10-11-27-3)20-19(25)26-12-14-8-6-5-7-9-14/h5-9,13,15-16H,4,10-12H2,1-3H3,(H,20,25)(H,21,22)(H,23,24)/t13?,15-,16-/m0/s1. The van der Waals surface area contributed by atoms with Gasteiger partial charge in [-0.25, -0.2) is 9.59 Å². The Balaban J connectivity index is 2.68. The van der Waals surface area contributed by atoms with Crippen molar-refractivity contribution in [3.05, 3.63) is 35.9 Å². The molecule has 2 amide bonds. The Morgan fingerprint density at radius 2 is 1.85 bits per heavy atom. The highest BCUT2D eigenvalue weighted by Gasteiger charge is 2.29. The fraction of sp³-hybridized carbons (Fsp3) is 0.526. The maximum Gasteiger partial charge on any atom is 0.408 e. The Morgan fingerprint density at radius 1 is 1.19 bits per heavy atom. The normalized spacial score (nSPS) is 13.9. The number of carboxylic acid groups (broad SMARTS) is 1. The first-order chi connectivity index (χ1) is 12.9. The number of carbonyl (C=O) groups is 3. The molecule has 0 aromatic heterocycles. The molecule has 1 rings (SSSR count). The Hall–Kier alpha value is -2.22. The van der Waals surface area contributed by atoms with Crippen LogP contribution >= 0.6 is 11.8 Å². The first-order valence-electron chi connectivity index (χ1n) is 8.88. The summed E-state index contributed by atoms with van der Waals surface area (Å²) in [5.74, 6) is -1.20. The minimum absolute atomic E-state index is 0.0914. The number of nitrogens with one attached hydrogen (secondary N) is 2. The average Bonchev–Trinajstić information content (AvgIpc) is 2.67. The average molecular weight is 397 g/mol. The molecule has 7 nitrogen and oxygen atoms in total. The van der Waals surface area contributed by atoms with E-state index in [1.165, 1.54) is 11.8 Å². The molecule has 0 aliphatic carbocycles. The highest BCUT2D eigenvalue weighted by molar-refractivity contribution is 7.98. The van der Waals surface area contributed by atoms with Crippen molar-refractivity contribution in [3.63, 3.8) is 0 Å². The molecule has 150 valence electrons. The van der Waals surface area contributed by atoms with E-state index >= 15 is 0 Å². The topological polar surface area (TPSA) is 105 Å². The van der Waals surface area contributed by atoms with Gasteiger partial charge in [-0.3, -0.25) is 4.79 Å². The quantitative estimate of drug-likeness (QED) is 0.531. The first kappa shape index (κ1) is 22.8. The van der Waals surface area contributed by atoms with Gasteiger partial charge in [-0.15, -0.1) is 0 Å². The lowest BCUT2D eigenvalue weighted by atomic mass is 9.99. The maximum absolute atomic E-state index is 12.5. The Morgan fingerprint density at radius 3 is 2.41 bits per heavy atom. The highest BCUT2D eigenvalue weighted by atomic mass is 32.2. The zero-order valence-corrected chi connectivity index (χ0v) is 16.8. The summed E-state index contributed by atoms with van der Waals surface area (Å²) in [5.41, 5.74) is 0.834. The van der Waals surface area contributed by atoms with E-state index < -0.39 is 30.1 Å². The van der Waals surface area contributed by atoms with Gasteiger partial charge >= 0.3 is 12.1 Å². The summed E-state index contributed by atoms with van der Waals surface area (Å²) in [5, 5.41) is 14.4. The van der Waals surface area contributed by atoms with Gasteiger partial charge < -0.3 is 20.5 Å². The van der Waals surface area contributed by atoms with E-state index in [9.17, 15) is 19.5 Å². The molecular weight excluding hydrogens is 368 g/mol. The van der Waals surface area contributed by atoms with Gasteiger partial charge in [0.15, 0.2) is 0 Å². The Labute approximate surface area is 164 Å². The van der Waals surface area contributed by atoms with Crippen LogP contribution in [-0.2, 0) is 20.9 Å². The summed E-state index contributed by atoms with van der Waals surface area (Å²) in [4.78, 5) is 36.0. The molecule has 3 atom stereocenters. The second kappa shape index (κ2) is 12.2. The lowest BCUT2D eigenvalue weighted by molar-refractivity contribution is -0.143. The molecule has 0 fully saturated rings. The van der Waals surface area contributed by atoms with Crippen molar-refractivity contribution in [1.82, 2.24) is 10.6 Å². The van der Waals surface area contributed by atoms with Crippen LogP contribution in [0.3, 0.4) is 0 Å². The van der Waals surface area contributed by atoms with Crippen LogP contribution in [0.25, 0.3) is 0 Å². The van der Waals surface area contributed by atoms with Crippen LogP contribution in [-0.4, -0.2) is 47.2 Å². The van der Waals surface area contributed by atoms with Crippen molar-refractivity contribution < 1.29 is 24.2 Å². The monoisotopic (exact) mass is 396 g/mol. The van der Waals surface area contributed by atoms with Crippen molar-refractivity contribution in [2.75, 3.05) is 12.0 Å². The van der Waals surface area contributed by atoms with E-state index in [0.29, 0.717) is 18.6 Å². The predicted octanol–water partition coefficient (Wildman–Crippen LogP) is 2.65. The number of hydrogen-bond acceptors (Lipinski definition) is 5. The smallest absolute Gasteiger partial charge is 0.408 e. The van der Waals surface area contributed by atoms with Crippen LogP contribution in [0.5, 0.6) is 0 Å². The van der Waals surface area contributed by atoms with Crippen molar-refractivity contribution in [3.8, 4) is 0 Å². The van der Waals surface area contributed by atoms with Crippen molar-refractivity contribution in [2.24, 2.45) is 5.92 Å². The van der Waals surface area contributed by atoms with E-state index in [1.54, 1.807) is 6.92 Å². The number of rotatable bonds is 11. The zero-order valence-electron chi connectivity index (χ0n) is 15.9. The molecule has 0 saturated carbocycles. The minimum atomic E-state index is -1.09. The summed E-state index contributed by atoms with van der Waals surface area (Å²) in [6.07, 6.45) is 2.16. The first-order valence-corrected chi connectivity index (χ1v) is 10.3. The van der Waals surface area contributed by atoms with Crippen molar-refractivity contribution >= 4 is 29.7 Å². The molecule has 1 aromatic rings. The Bertz CT molecular complexity index is 611. The molecule has 0 heterocycles. The third-order valence-corrected chi connectivity index (χ3v) is 4.85. The van der Waals surface area contributed by atoms with Crippen molar-refractivity contribution in [1.29, 1.82) is 0 Å². The number of ether oxygens (including phenoxy) is 1. The van der Waals surface area contributed by atoms with E-state index in [4.69, 9.17) is 4.74 Å². The van der Waals surface area contributed by atoms with Gasteiger partial charge in [0.25, 0.3) is 0 Å². The molecule has 0 aliphatic rings. The van der Waals surface area contributed by atoms with Crippen LogP contribution in [0, 0.1) is 5.92 Å². The maximum atomic E-state index is 12.5. The number of hydrogen-bond donors (Lipinski definition) is 3. The summed E-state index contributed by atoms with van der Waals surface area (Å²) in [6, 6.07) is 7.35. The molecule has 0 bridgehead atoms. The molecule has 0 spiro atoms. The van der Waals surface area contributed by atoms with Crippen molar-refractivity contribution in [2.45, 2.75) is 45.4 Å². The molecular formula is C19H28N2O5S. The number of alkyl carbamates (subject to hydrolysis) is 1. The lowest BCUT2D eigenvalue weighted by Gasteiger charge is -2.24. The summed E-state index contributed by atoms with van der Waals surface area (Å²) in [7, 11) is 0. The lowest BCUT2D eigenvalue weighted by Crippen LogP contribution is -2.53. The fourth-order valence-corrected chi connectivity index (χ4v) is 2.82. The van der Waals surface area contributed by atoms with E-state index in [1.807, 2.05) is 43.5 Å². The van der Waals surface area contributed by atoms with E-state index in [2.05, 4.69) is 10.6 Å². The van der Waals surface area contributed by atoms with Gasteiger partial charge in [0.1, 0.15) is 18.7 Å². The van der Waals surface area contributed by atoms with Gasteiger partial charge in [0.2, 0.25) is 5.91 Å². The second-order valence-corrected chi connectivity index (χ2v) is 7.24. The Kier molecular flexibility index (Phi) is 10.3. The highest BCUT2D eigenvalue weighted by Crippen LogP contribution is 2.10. The van der Waals surface area contributed by atoms with Crippen LogP contribution in [0.4, 0.5) is 4.79 Å². The third kappa shape index (κ3) is 8.34. The summed E-state index contributed by atoms with van der Waals surface area (Å²) in [6.45, 7) is 3.71. The van der Waals surface area contributed by atoms with Crippen LogP contribution < -0.4 is 10.6 Å². The SMILES string of the molecule is CCC(C)[C@H](NC(=O)[C@H](CCSC)NC(=O)OCc1ccccc1)C(=O)O. The van der Waals surface area contributed by atoms with Crippen LogP contribution in [0.15, 0.2) is 30.3 Å². The molecule has 27 heavy (non-hydrogen) atoms. The van der Waals surface area contributed by atoms with Crippen LogP contribution in [0.2, 0.25) is 0 Å². The number of carbonyl (C=O) groups excluding carboxylic acids is 2. The number of aliphatic carboxylic acids is 1. The fourth-order valence-electron chi connectivity index (χ4n) is 2.35. The van der Waals surface area contributed by atoms with Gasteiger partial charge in [-0.2, -0.15) is 11.8 Å². The summed E-state index contributed by atoms with van der Waals surface area (Å²) < 4.78 is 5.16. The van der Waals surface area contributed by atoms with Gasteiger partial charge in [-0.1, -0.05) is 50.6 Å². The molecule has 0 aliphatic heterocycles. The van der Waals surface area contributed by atoms with Gasteiger partial charge in [0.05, 0.1) is 0 Å². The van der Waals surface area contributed by atoms with Gasteiger partial charge in [0, 0.05) is 0 Å². The molecule has 0 radical (unpaired) electrons.